The van der Waals surface area contributed by atoms with E-state index in [0.717, 1.165) is 61.0 Å². The Morgan fingerprint density at radius 1 is 1.21 bits per heavy atom. The fourth-order valence-corrected chi connectivity index (χ4v) is 7.40. The average Bonchev–Trinajstić information content (AvgIpc) is 2.90. The van der Waals surface area contributed by atoms with Crippen molar-refractivity contribution >= 4 is 11.6 Å². The number of hydrogen-bond donors (Lipinski definition) is 0. The molecule has 0 aliphatic heterocycles. The summed E-state index contributed by atoms with van der Waals surface area (Å²) in [6, 6.07) is 6.74. The number of fused-ring (bicyclic) bond motifs is 1. The van der Waals surface area contributed by atoms with Gasteiger partial charge in [0, 0.05) is 29.2 Å². The number of rotatable bonds is 13. The molecule has 1 saturated carbocycles. The van der Waals surface area contributed by atoms with Gasteiger partial charge in [0.15, 0.2) is 0 Å². The highest BCUT2D eigenvalue weighted by Gasteiger charge is 2.39. The van der Waals surface area contributed by atoms with Gasteiger partial charge in [-0.3, -0.25) is 0 Å². The predicted molar refractivity (Wildman–Crippen MR) is 171 cm³/mol. The largest absolute Gasteiger partial charge is 0.371 e. The van der Waals surface area contributed by atoms with Gasteiger partial charge in [-0.05, 0) is 130 Å². The Balaban J connectivity index is 1.57. The Bertz CT molecular complexity index is 1070. The average molecular weight is 548 g/mol. The molecule has 4 atom stereocenters. The molecule has 0 bridgehead atoms. The first-order valence-electron chi connectivity index (χ1n) is 16.0. The van der Waals surface area contributed by atoms with Crippen LogP contribution in [0.5, 0.6) is 0 Å². The van der Waals surface area contributed by atoms with Crippen LogP contribution in [0.3, 0.4) is 0 Å². The lowest BCUT2D eigenvalue weighted by Gasteiger charge is -2.47. The van der Waals surface area contributed by atoms with E-state index in [0.29, 0.717) is 0 Å². The molecule has 3 aliphatic rings. The number of halogens is 1. The van der Waals surface area contributed by atoms with Crippen LogP contribution in [0.15, 0.2) is 65.9 Å². The van der Waals surface area contributed by atoms with Gasteiger partial charge in [0.25, 0.3) is 0 Å². The maximum absolute atomic E-state index is 6.47. The third kappa shape index (κ3) is 7.52. The molecule has 1 fully saturated rings. The van der Waals surface area contributed by atoms with E-state index in [1.54, 1.807) is 5.56 Å². The number of hydrogen-bond acceptors (Lipinski definition) is 1. The fraction of sp³-hybridized carbons (Fsp3) is 0.622. The number of aryl methyl sites for hydroxylation is 1. The summed E-state index contributed by atoms with van der Waals surface area (Å²) in [7, 11) is 0. The van der Waals surface area contributed by atoms with E-state index in [9.17, 15) is 0 Å². The molecule has 4 unspecified atom stereocenters. The molecule has 1 aromatic carbocycles. The molecule has 0 aromatic heterocycles. The van der Waals surface area contributed by atoms with E-state index in [2.05, 4.69) is 88.6 Å². The van der Waals surface area contributed by atoms with E-state index in [1.165, 1.54) is 73.8 Å². The third-order valence-electron chi connectivity index (χ3n) is 10.2. The van der Waals surface area contributed by atoms with Crippen LogP contribution in [0.4, 0.5) is 0 Å². The van der Waals surface area contributed by atoms with Crippen LogP contribution >= 0.6 is 11.6 Å². The predicted octanol–water partition coefficient (Wildman–Crippen LogP) is 10.9. The van der Waals surface area contributed by atoms with Crippen LogP contribution in [-0.4, -0.2) is 18.0 Å². The SMILES string of the molecule is C=C(C)C1=CC(N(CC2CCC2/C=C\CCC(C)C(C)C)CC2(CCC)CCCc3cc(Cl)ccc32)=CCC1. The zero-order chi connectivity index (χ0) is 28.0. The quantitative estimate of drug-likeness (QED) is 0.222. The Hall–Kier alpha value is -1.73. The first-order chi connectivity index (χ1) is 18.7. The van der Waals surface area contributed by atoms with Gasteiger partial charge in [-0.25, -0.2) is 0 Å². The van der Waals surface area contributed by atoms with Gasteiger partial charge >= 0.3 is 0 Å². The summed E-state index contributed by atoms with van der Waals surface area (Å²) in [5, 5.41) is 0.883. The van der Waals surface area contributed by atoms with Gasteiger partial charge in [-0.15, -0.1) is 0 Å². The van der Waals surface area contributed by atoms with Gasteiger partial charge in [0.05, 0.1) is 0 Å². The highest BCUT2D eigenvalue weighted by Crippen LogP contribution is 2.45. The van der Waals surface area contributed by atoms with Gasteiger partial charge in [0.2, 0.25) is 0 Å². The molecule has 4 rings (SSSR count). The van der Waals surface area contributed by atoms with Gasteiger partial charge in [0.1, 0.15) is 0 Å². The lowest BCUT2D eigenvalue weighted by atomic mass is 9.66. The molecule has 0 amide bonds. The van der Waals surface area contributed by atoms with Crippen molar-refractivity contribution in [3.8, 4) is 0 Å². The van der Waals surface area contributed by atoms with Crippen molar-refractivity contribution in [1.82, 2.24) is 4.90 Å². The van der Waals surface area contributed by atoms with Crippen LogP contribution < -0.4 is 0 Å². The van der Waals surface area contributed by atoms with Crippen molar-refractivity contribution in [1.29, 1.82) is 0 Å². The monoisotopic (exact) mass is 547 g/mol. The minimum atomic E-state index is 0.199. The molecule has 0 heterocycles. The second-order valence-electron chi connectivity index (χ2n) is 13.4. The molecule has 39 heavy (non-hydrogen) atoms. The van der Waals surface area contributed by atoms with E-state index in [-0.39, 0.29) is 5.41 Å². The smallest absolute Gasteiger partial charge is 0.0408 e. The lowest BCUT2D eigenvalue weighted by molar-refractivity contribution is 0.133. The maximum atomic E-state index is 6.47. The van der Waals surface area contributed by atoms with Crippen molar-refractivity contribution in [2.24, 2.45) is 23.7 Å². The van der Waals surface area contributed by atoms with E-state index >= 15 is 0 Å². The molecule has 1 aromatic rings. The Labute approximate surface area is 245 Å². The summed E-state index contributed by atoms with van der Waals surface area (Å²) in [5.74, 6) is 3.06. The lowest BCUT2D eigenvalue weighted by Crippen LogP contribution is -2.46. The molecule has 1 nitrogen and oxygen atoms in total. The minimum absolute atomic E-state index is 0.199. The molecule has 0 spiro atoms. The van der Waals surface area contributed by atoms with Gasteiger partial charge < -0.3 is 4.90 Å². The first kappa shape index (κ1) is 30.2. The highest BCUT2D eigenvalue weighted by atomic mass is 35.5. The van der Waals surface area contributed by atoms with Crippen molar-refractivity contribution < 1.29 is 0 Å². The normalized spacial score (nSPS) is 25.6. The summed E-state index contributed by atoms with van der Waals surface area (Å²) >= 11 is 6.47. The standard InChI is InChI=1S/C37H54ClN/c1-7-21-37(22-11-15-32-23-34(38)19-20-36(32)37)26-39(35-16-10-14-31(24-35)28(4)5)25-33-18-17-30(33)13-9-8-12-29(6)27(2)3/h9,13,16,19-20,23-24,27,29-30,33H,4,7-8,10-12,14-15,17-18,21-22,25-26H2,1-3,5-6H3/b13-9-. The number of benzene rings is 1. The van der Waals surface area contributed by atoms with Crippen LogP contribution in [-0.2, 0) is 11.8 Å². The minimum Gasteiger partial charge on any atom is -0.371 e. The van der Waals surface area contributed by atoms with Crippen molar-refractivity contribution in [2.75, 3.05) is 13.1 Å². The zero-order valence-corrected chi connectivity index (χ0v) is 26.3. The highest BCUT2D eigenvalue weighted by molar-refractivity contribution is 6.30. The molecule has 214 valence electrons. The second kappa shape index (κ2) is 13.8. The van der Waals surface area contributed by atoms with Crippen LogP contribution in [0.2, 0.25) is 5.02 Å². The van der Waals surface area contributed by atoms with Crippen molar-refractivity contribution in [2.45, 2.75) is 111 Å². The maximum Gasteiger partial charge on any atom is 0.0408 e. The summed E-state index contributed by atoms with van der Waals surface area (Å²) in [4.78, 5) is 2.80. The van der Waals surface area contributed by atoms with Crippen LogP contribution in [0.25, 0.3) is 0 Å². The first-order valence-corrected chi connectivity index (χ1v) is 16.4. The Kier molecular flexibility index (Phi) is 10.7. The van der Waals surface area contributed by atoms with Gasteiger partial charge in [-0.2, -0.15) is 0 Å². The second-order valence-corrected chi connectivity index (χ2v) is 13.8. The van der Waals surface area contributed by atoms with Crippen molar-refractivity contribution in [3.05, 3.63) is 82.1 Å². The summed E-state index contributed by atoms with van der Waals surface area (Å²) in [6.45, 7) is 18.2. The van der Waals surface area contributed by atoms with Crippen LogP contribution in [0.1, 0.15) is 110 Å². The molecular weight excluding hydrogens is 494 g/mol. The van der Waals surface area contributed by atoms with E-state index < -0.39 is 0 Å². The Morgan fingerprint density at radius 3 is 2.72 bits per heavy atom. The number of allylic oxidation sites excluding steroid dienone is 6. The Morgan fingerprint density at radius 2 is 2.03 bits per heavy atom. The molecule has 0 radical (unpaired) electrons. The van der Waals surface area contributed by atoms with E-state index in [4.69, 9.17) is 11.6 Å². The summed E-state index contributed by atoms with van der Waals surface area (Å²) < 4.78 is 0. The van der Waals surface area contributed by atoms with E-state index in [1.807, 2.05) is 0 Å². The summed E-state index contributed by atoms with van der Waals surface area (Å²) in [5.41, 5.74) is 7.35. The van der Waals surface area contributed by atoms with Gasteiger partial charge in [-0.1, -0.05) is 82.2 Å². The van der Waals surface area contributed by atoms with Crippen LogP contribution in [0, 0.1) is 23.7 Å². The summed E-state index contributed by atoms with van der Waals surface area (Å²) in [6.07, 6.45) is 23.7. The molecule has 0 saturated heterocycles. The third-order valence-corrected chi connectivity index (χ3v) is 10.4. The fourth-order valence-electron chi connectivity index (χ4n) is 7.21. The molecule has 2 heteroatoms. The number of nitrogens with zero attached hydrogens (tertiary/aromatic N) is 1. The molecular formula is C37H54ClN. The van der Waals surface area contributed by atoms with Crippen molar-refractivity contribution in [3.63, 3.8) is 0 Å². The topological polar surface area (TPSA) is 3.24 Å². The molecule has 3 aliphatic carbocycles. The zero-order valence-electron chi connectivity index (χ0n) is 25.6. The molecule has 0 N–H and O–H groups in total.